The summed E-state index contributed by atoms with van der Waals surface area (Å²) in [5, 5.41) is 13.8. The van der Waals surface area contributed by atoms with Crippen molar-refractivity contribution in [2.45, 2.75) is 25.9 Å². The molecule has 3 rings (SSSR count). The minimum atomic E-state index is -0.595. The number of aliphatic hydroxyl groups is 1. The van der Waals surface area contributed by atoms with E-state index in [1.165, 1.54) is 27.8 Å². The molecule has 1 aromatic heterocycles. The van der Waals surface area contributed by atoms with Crippen molar-refractivity contribution >= 4 is 5.91 Å². The maximum absolute atomic E-state index is 14.0. The Morgan fingerprint density at radius 1 is 1.38 bits per heavy atom. The molecule has 0 bridgehead atoms. The van der Waals surface area contributed by atoms with Crippen LogP contribution in [-0.4, -0.2) is 44.9 Å². The first-order valence-corrected chi connectivity index (χ1v) is 7.80. The summed E-state index contributed by atoms with van der Waals surface area (Å²) >= 11 is 0. The second-order valence-corrected chi connectivity index (χ2v) is 5.91. The van der Waals surface area contributed by atoms with Crippen LogP contribution in [0.15, 0.2) is 35.1 Å². The minimum Gasteiger partial charge on any atom is -0.391 e. The molecule has 0 radical (unpaired) electrons. The lowest BCUT2D eigenvalue weighted by Gasteiger charge is -2.29. The fourth-order valence-corrected chi connectivity index (χ4v) is 2.85. The summed E-state index contributed by atoms with van der Waals surface area (Å²) in [6.07, 6.45) is 0.701. The fourth-order valence-electron chi connectivity index (χ4n) is 2.85. The summed E-state index contributed by atoms with van der Waals surface area (Å²) in [5.41, 5.74) is -0.175. The van der Waals surface area contributed by atoms with Crippen molar-refractivity contribution in [3.05, 3.63) is 57.8 Å². The molecule has 1 aliphatic heterocycles. The molecule has 1 fully saturated rings. The molecule has 7 heteroatoms. The standard InChI is InChI=1S/C17H18FN3O3/c1-11-9-15(23)16(17(24)20-8-4-5-12(22)10-20)19-21(11)14-7-3-2-6-13(14)18/h2-3,6-7,9,12,22H,4-5,8,10H2,1H3. The largest absolute Gasteiger partial charge is 0.391 e. The van der Waals surface area contributed by atoms with Crippen LogP contribution in [0.4, 0.5) is 4.39 Å². The van der Waals surface area contributed by atoms with E-state index in [0.717, 1.165) is 0 Å². The lowest BCUT2D eigenvalue weighted by atomic mass is 10.1. The molecule has 1 atom stereocenters. The van der Waals surface area contributed by atoms with Crippen molar-refractivity contribution in [2.75, 3.05) is 13.1 Å². The van der Waals surface area contributed by atoms with Gasteiger partial charge in [0.25, 0.3) is 5.91 Å². The molecular formula is C17H18FN3O3. The van der Waals surface area contributed by atoms with Crippen LogP contribution < -0.4 is 5.43 Å². The van der Waals surface area contributed by atoms with Crippen LogP contribution in [0.3, 0.4) is 0 Å². The van der Waals surface area contributed by atoms with Gasteiger partial charge in [0.15, 0.2) is 5.69 Å². The Labute approximate surface area is 138 Å². The summed E-state index contributed by atoms with van der Waals surface area (Å²) in [6, 6.07) is 7.29. The fraction of sp³-hybridized carbons (Fsp3) is 0.353. The first kappa shape index (κ1) is 16.3. The second-order valence-electron chi connectivity index (χ2n) is 5.91. The van der Waals surface area contributed by atoms with Crippen LogP contribution in [0.5, 0.6) is 0 Å². The highest BCUT2D eigenvalue weighted by Gasteiger charge is 2.26. The Kier molecular flexibility index (Phi) is 4.44. The molecule has 0 spiro atoms. The summed E-state index contributed by atoms with van der Waals surface area (Å²) < 4.78 is 15.3. The van der Waals surface area contributed by atoms with Crippen molar-refractivity contribution in [1.29, 1.82) is 0 Å². The number of nitrogens with zero attached hydrogens (tertiary/aromatic N) is 3. The van der Waals surface area contributed by atoms with E-state index < -0.39 is 23.3 Å². The van der Waals surface area contributed by atoms with E-state index in [0.29, 0.717) is 25.1 Å². The van der Waals surface area contributed by atoms with Crippen molar-refractivity contribution in [2.24, 2.45) is 0 Å². The number of rotatable bonds is 2. The summed E-state index contributed by atoms with van der Waals surface area (Å²) in [5.74, 6) is -1.03. The zero-order chi connectivity index (χ0) is 17.3. The molecule has 6 nitrogen and oxygen atoms in total. The van der Waals surface area contributed by atoms with Gasteiger partial charge in [0.2, 0.25) is 5.43 Å². The van der Waals surface area contributed by atoms with Gasteiger partial charge in [0.1, 0.15) is 11.5 Å². The Morgan fingerprint density at radius 2 is 2.12 bits per heavy atom. The molecular weight excluding hydrogens is 313 g/mol. The number of likely N-dealkylation sites (tertiary alicyclic amines) is 1. The van der Waals surface area contributed by atoms with Gasteiger partial charge in [-0.25, -0.2) is 9.07 Å². The smallest absolute Gasteiger partial charge is 0.278 e. The Morgan fingerprint density at radius 3 is 2.83 bits per heavy atom. The zero-order valence-corrected chi connectivity index (χ0v) is 13.3. The first-order chi connectivity index (χ1) is 11.5. The molecule has 24 heavy (non-hydrogen) atoms. The Hall–Kier alpha value is -2.54. The Bertz CT molecular complexity index is 834. The monoisotopic (exact) mass is 331 g/mol. The highest BCUT2D eigenvalue weighted by atomic mass is 19.1. The van der Waals surface area contributed by atoms with E-state index in [1.54, 1.807) is 19.1 Å². The highest BCUT2D eigenvalue weighted by Crippen LogP contribution is 2.15. The average Bonchev–Trinajstić information content (AvgIpc) is 2.55. The van der Waals surface area contributed by atoms with E-state index in [1.807, 2.05) is 0 Å². The molecule has 2 heterocycles. The van der Waals surface area contributed by atoms with Gasteiger partial charge in [-0.1, -0.05) is 12.1 Å². The lowest BCUT2D eigenvalue weighted by molar-refractivity contribution is 0.0466. The summed E-state index contributed by atoms with van der Waals surface area (Å²) in [6.45, 7) is 2.26. The molecule has 1 N–H and O–H groups in total. The molecule has 2 aromatic rings. The van der Waals surface area contributed by atoms with Gasteiger partial charge in [-0.2, -0.15) is 5.10 Å². The topological polar surface area (TPSA) is 75.4 Å². The van der Waals surface area contributed by atoms with Crippen LogP contribution in [0, 0.1) is 12.7 Å². The number of benzene rings is 1. The van der Waals surface area contributed by atoms with Crippen LogP contribution in [0.2, 0.25) is 0 Å². The van der Waals surface area contributed by atoms with Gasteiger partial charge in [-0.05, 0) is 31.9 Å². The number of hydrogen-bond acceptors (Lipinski definition) is 4. The predicted molar refractivity (Wildman–Crippen MR) is 85.7 cm³/mol. The zero-order valence-electron chi connectivity index (χ0n) is 13.3. The minimum absolute atomic E-state index is 0.169. The van der Waals surface area contributed by atoms with E-state index >= 15 is 0 Å². The van der Waals surface area contributed by atoms with E-state index in [4.69, 9.17) is 0 Å². The maximum Gasteiger partial charge on any atom is 0.278 e. The Balaban J connectivity index is 2.03. The van der Waals surface area contributed by atoms with Gasteiger partial charge in [0, 0.05) is 24.8 Å². The van der Waals surface area contributed by atoms with Crippen LogP contribution in [0.1, 0.15) is 29.0 Å². The molecule has 126 valence electrons. The van der Waals surface area contributed by atoms with Crippen molar-refractivity contribution in [3.8, 4) is 5.69 Å². The number of halogens is 1. The third-order valence-corrected chi connectivity index (χ3v) is 4.07. The normalized spacial score (nSPS) is 17.8. The number of hydrogen-bond donors (Lipinski definition) is 1. The van der Waals surface area contributed by atoms with Gasteiger partial charge < -0.3 is 10.0 Å². The number of β-amino-alcohol motifs (C(OH)–C–C–N with tert-alkyl or cyclic N) is 1. The van der Waals surface area contributed by atoms with Gasteiger partial charge >= 0.3 is 0 Å². The average molecular weight is 331 g/mol. The van der Waals surface area contributed by atoms with Crippen LogP contribution in [-0.2, 0) is 0 Å². The van der Waals surface area contributed by atoms with Gasteiger partial charge in [-0.15, -0.1) is 0 Å². The van der Waals surface area contributed by atoms with Gasteiger partial charge in [0.05, 0.1) is 6.10 Å². The molecule has 1 aromatic carbocycles. The number of piperidine rings is 1. The third-order valence-electron chi connectivity index (χ3n) is 4.07. The van der Waals surface area contributed by atoms with Gasteiger partial charge in [-0.3, -0.25) is 9.59 Å². The number of carbonyl (C=O) groups excluding carboxylic acids is 1. The van der Waals surface area contributed by atoms with E-state index in [9.17, 15) is 19.1 Å². The first-order valence-electron chi connectivity index (χ1n) is 7.80. The molecule has 0 saturated carbocycles. The number of para-hydroxylation sites is 1. The second kappa shape index (κ2) is 6.52. The number of aliphatic hydroxyl groups excluding tert-OH is 1. The molecule has 1 amide bonds. The molecule has 0 aliphatic carbocycles. The lowest BCUT2D eigenvalue weighted by Crippen LogP contribution is -2.44. The molecule has 1 unspecified atom stereocenters. The number of aryl methyl sites for hydroxylation is 1. The van der Waals surface area contributed by atoms with Crippen molar-refractivity contribution < 1.29 is 14.3 Å². The van der Waals surface area contributed by atoms with E-state index in [-0.39, 0.29) is 17.9 Å². The third kappa shape index (κ3) is 3.07. The van der Waals surface area contributed by atoms with Crippen molar-refractivity contribution in [3.63, 3.8) is 0 Å². The van der Waals surface area contributed by atoms with Crippen molar-refractivity contribution in [1.82, 2.24) is 14.7 Å². The number of aromatic nitrogens is 2. The quantitative estimate of drug-likeness (QED) is 0.899. The molecule has 1 saturated heterocycles. The SMILES string of the molecule is Cc1cc(=O)c(C(=O)N2CCCC(O)C2)nn1-c1ccccc1F. The summed E-state index contributed by atoms with van der Waals surface area (Å²) in [7, 11) is 0. The van der Waals surface area contributed by atoms with Crippen LogP contribution >= 0.6 is 0 Å². The maximum atomic E-state index is 14.0. The number of amides is 1. The predicted octanol–water partition coefficient (Wildman–Crippen LogP) is 1.28. The van der Waals surface area contributed by atoms with Crippen LogP contribution in [0.25, 0.3) is 5.69 Å². The van der Waals surface area contributed by atoms with E-state index in [2.05, 4.69) is 5.10 Å². The molecule has 1 aliphatic rings. The number of carbonyl (C=O) groups is 1. The summed E-state index contributed by atoms with van der Waals surface area (Å²) in [4.78, 5) is 26.2. The highest BCUT2D eigenvalue weighted by molar-refractivity contribution is 5.92.